The Morgan fingerprint density at radius 1 is 0.651 bits per heavy atom. The van der Waals surface area contributed by atoms with Crippen LogP contribution in [0.5, 0.6) is 0 Å². The second-order valence-corrected chi connectivity index (χ2v) is 16.1. The number of nitrogens with one attached hydrogen (secondary N) is 8. The molecule has 1 aromatic carbocycles. The van der Waals surface area contributed by atoms with Gasteiger partial charge in [0.05, 0.1) is 12.1 Å². The first-order valence-electron chi connectivity index (χ1n) is 21.6. The number of hydrogen-bond acceptors (Lipinski definition) is 14. The molecule has 1 saturated heterocycles. The van der Waals surface area contributed by atoms with Crippen LogP contribution in [0.15, 0.2) is 30.3 Å². The SMILES string of the molecule is CC(C)C[C@@H]1NC(=O)[C@@H](Cc2ccccc2)NC(=O)[C@H](CCN)NC(=O)[C@@H](NC(=O)[C@@H](N)CCCCN)CCNC(=O)[C@H]([C@@H](C)O)NC(=O)[C@H](CCN)NC(=O)[C@H](CCN)NC1=O. The first-order chi connectivity index (χ1) is 29.9. The molecule has 0 aromatic heterocycles. The third-order valence-corrected chi connectivity index (χ3v) is 10.3. The molecule has 354 valence electrons. The van der Waals surface area contributed by atoms with Crippen LogP contribution in [0.2, 0.25) is 0 Å². The van der Waals surface area contributed by atoms with Crippen molar-refractivity contribution in [1.29, 1.82) is 0 Å². The third kappa shape index (κ3) is 18.9. The van der Waals surface area contributed by atoms with E-state index in [0.29, 0.717) is 24.9 Å². The summed E-state index contributed by atoms with van der Waals surface area (Å²) in [7, 11) is 0. The van der Waals surface area contributed by atoms with Gasteiger partial charge in [-0.15, -0.1) is 0 Å². The van der Waals surface area contributed by atoms with Gasteiger partial charge in [0.1, 0.15) is 42.3 Å². The standard InChI is InChI=1S/C41H71N13O9/c1-23(2)21-31-39(61)51-27(12-17-43)35(57)50-29(14-19-45)38(60)54-33(24(3)55)41(63)47-20-15-30(48-34(56)26(46)11-7-8-16-42)37(59)49-28(13-18-44)36(58)53-32(40(62)52-31)22-25-9-5-4-6-10-25/h4-6,9-10,23-24,26-33,55H,7-8,11-22,42-46H2,1-3H3,(H,47,63)(H,48,56)(H,49,59)(H,50,57)(H,51,61)(H,52,62)(H,53,58)(H,54,60)/t24-,26+,27+,28+,29+,30+,31+,32-,33+/m1/s1. The zero-order valence-electron chi connectivity index (χ0n) is 36.7. The van der Waals surface area contributed by atoms with Crippen molar-refractivity contribution in [2.45, 2.75) is 133 Å². The summed E-state index contributed by atoms with van der Waals surface area (Å²) in [5.41, 5.74) is 29.8. The van der Waals surface area contributed by atoms with Crippen LogP contribution in [0.3, 0.4) is 0 Å². The molecule has 0 unspecified atom stereocenters. The van der Waals surface area contributed by atoms with Crippen LogP contribution < -0.4 is 71.2 Å². The van der Waals surface area contributed by atoms with Gasteiger partial charge in [0.25, 0.3) is 0 Å². The van der Waals surface area contributed by atoms with Gasteiger partial charge in [-0.25, -0.2) is 0 Å². The second kappa shape index (κ2) is 28.4. The highest BCUT2D eigenvalue weighted by Gasteiger charge is 2.35. The largest absolute Gasteiger partial charge is 0.391 e. The molecule has 1 aromatic rings. The molecule has 9 atom stereocenters. The molecule has 0 spiro atoms. The Morgan fingerprint density at radius 3 is 1.63 bits per heavy atom. The van der Waals surface area contributed by atoms with Crippen molar-refractivity contribution >= 4 is 47.3 Å². The summed E-state index contributed by atoms with van der Waals surface area (Å²) in [6.07, 6.45) is -0.507. The normalized spacial score (nSPS) is 25.0. The lowest BCUT2D eigenvalue weighted by atomic mass is 10.00. The molecule has 0 radical (unpaired) electrons. The van der Waals surface area contributed by atoms with E-state index in [1.807, 2.05) is 13.8 Å². The summed E-state index contributed by atoms with van der Waals surface area (Å²) in [5.74, 6) is -6.54. The number of aliphatic hydroxyl groups is 1. The molecule has 22 heteroatoms. The quantitative estimate of drug-likeness (QED) is 0.0653. The predicted octanol–water partition coefficient (Wildman–Crippen LogP) is -4.93. The van der Waals surface area contributed by atoms with Crippen LogP contribution in [0, 0.1) is 5.92 Å². The zero-order chi connectivity index (χ0) is 47.1. The van der Waals surface area contributed by atoms with Crippen molar-refractivity contribution in [3.05, 3.63) is 35.9 Å². The Morgan fingerprint density at radius 2 is 1.13 bits per heavy atom. The fourth-order valence-electron chi connectivity index (χ4n) is 6.73. The molecule has 0 aliphatic carbocycles. The summed E-state index contributed by atoms with van der Waals surface area (Å²) in [6.45, 7) is 4.76. The van der Waals surface area contributed by atoms with Gasteiger partial charge >= 0.3 is 0 Å². The van der Waals surface area contributed by atoms with E-state index in [4.69, 9.17) is 28.7 Å². The van der Waals surface area contributed by atoms with Gasteiger partial charge in [-0.2, -0.15) is 0 Å². The van der Waals surface area contributed by atoms with E-state index in [1.54, 1.807) is 30.3 Å². The number of carbonyl (C=O) groups is 8. The van der Waals surface area contributed by atoms with Crippen LogP contribution in [0.25, 0.3) is 0 Å². The van der Waals surface area contributed by atoms with Gasteiger partial charge < -0.3 is 76.3 Å². The van der Waals surface area contributed by atoms with E-state index in [9.17, 15) is 43.5 Å². The average molecular weight is 890 g/mol. The van der Waals surface area contributed by atoms with E-state index >= 15 is 0 Å². The number of unbranched alkanes of at least 4 members (excludes halogenated alkanes) is 1. The molecular weight excluding hydrogens is 819 g/mol. The van der Waals surface area contributed by atoms with Gasteiger partial charge in [0.2, 0.25) is 47.3 Å². The minimum Gasteiger partial charge on any atom is -0.391 e. The van der Waals surface area contributed by atoms with E-state index in [0.717, 1.165) is 0 Å². The molecule has 1 fully saturated rings. The Bertz CT molecular complexity index is 1650. The third-order valence-electron chi connectivity index (χ3n) is 10.3. The molecule has 63 heavy (non-hydrogen) atoms. The van der Waals surface area contributed by atoms with E-state index in [1.165, 1.54) is 6.92 Å². The highest BCUT2D eigenvalue weighted by molar-refractivity contribution is 5.98. The maximum absolute atomic E-state index is 14.2. The van der Waals surface area contributed by atoms with Gasteiger partial charge in [-0.1, -0.05) is 50.6 Å². The molecule has 0 saturated carbocycles. The number of hydrogen-bond donors (Lipinski definition) is 14. The molecule has 2 rings (SSSR count). The average Bonchev–Trinajstić information content (AvgIpc) is 3.23. The number of benzene rings is 1. The number of nitrogens with two attached hydrogens (primary N) is 5. The van der Waals surface area contributed by atoms with Crippen LogP contribution in [-0.4, -0.2) is 140 Å². The van der Waals surface area contributed by atoms with Crippen molar-refractivity contribution < 1.29 is 43.5 Å². The molecular formula is C41H71N13O9. The molecule has 1 heterocycles. The van der Waals surface area contributed by atoms with Crippen molar-refractivity contribution in [2.75, 3.05) is 32.7 Å². The lowest BCUT2D eigenvalue weighted by molar-refractivity contribution is -0.136. The van der Waals surface area contributed by atoms with Crippen molar-refractivity contribution in [3.8, 4) is 0 Å². The van der Waals surface area contributed by atoms with E-state index < -0.39 is 102 Å². The highest BCUT2D eigenvalue weighted by atomic mass is 16.3. The Hall–Kier alpha value is -5.26. The van der Waals surface area contributed by atoms with Crippen molar-refractivity contribution in [3.63, 3.8) is 0 Å². The Labute approximate surface area is 368 Å². The Balaban J connectivity index is 2.68. The minimum atomic E-state index is -1.56. The van der Waals surface area contributed by atoms with E-state index in [2.05, 4.69) is 42.5 Å². The fraction of sp³-hybridized carbons (Fsp3) is 0.659. The number of carbonyl (C=O) groups excluding carboxylic acids is 8. The van der Waals surface area contributed by atoms with Crippen LogP contribution in [0.4, 0.5) is 0 Å². The summed E-state index contributed by atoms with van der Waals surface area (Å²) in [5, 5.41) is 31.4. The first kappa shape index (κ1) is 53.9. The minimum absolute atomic E-state index is 0.0333. The second-order valence-electron chi connectivity index (χ2n) is 16.1. The maximum atomic E-state index is 14.2. The molecule has 8 amide bonds. The summed E-state index contributed by atoms with van der Waals surface area (Å²) in [4.78, 5) is 110. The fourth-order valence-corrected chi connectivity index (χ4v) is 6.73. The number of amides is 8. The lowest BCUT2D eigenvalue weighted by Crippen LogP contribution is -2.61. The first-order valence-corrected chi connectivity index (χ1v) is 21.6. The van der Waals surface area contributed by atoms with Crippen molar-refractivity contribution in [1.82, 2.24) is 42.5 Å². The van der Waals surface area contributed by atoms with Gasteiger partial charge in [0.15, 0.2) is 0 Å². The highest BCUT2D eigenvalue weighted by Crippen LogP contribution is 2.11. The zero-order valence-corrected chi connectivity index (χ0v) is 36.7. The monoisotopic (exact) mass is 890 g/mol. The summed E-state index contributed by atoms with van der Waals surface area (Å²) >= 11 is 0. The smallest absolute Gasteiger partial charge is 0.245 e. The number of rotatable bonds is 17. The molecule has 1 aliphatic heterocycles. The molecule has 19 N–H and O–H groups in total. The predicted molar refractivity (Wildman–Crippen MR) is 234 cm³/mol. The van der Waals surface area contributed by atoms with Gasteiger partial charge in [0, 0.05) is 13.0 Å². The maximum Gasteiger partial charge on any atom is 0.245 e. The molecule has 1 aliphatic rings. The van der Waals surface area contributed by atoms with E-state index in [-0.39, 0.29) is 77.0 Å². The summed E-state index contributed by atoms with van der Waals surface area (Å²) < 4.78 is 0. The molecule has 22 nitrogen and oxygen atoms in total. The summed E-state index contributed by atoms with van der Waals surface area (Å²) in [6, 6.07) is -1.67. The van der Waals surface area contributed by atoms with Crippen molar-refractivity contribution in [2.24, 2.45) is 34.6 Å². The van der Waals surface area contributed by atoms with Gasteiger partial charge in [-0.3, -0.25) is 38.4 Å². The molecule has 0 bridgehead atoms. The van der Waals surface area contributed by atoms with Crippen LogP contribution >= 0.6 is 0 Å². The topological polar surface area (TPSA) is 383 Å². The van der Waals surface area contributed by atoms with Gasteiger partial charge in [-0.05, 0) is 89.5 Å². The Kier molecular flexibility index (Phi) is 24.3. The lowest BCUT2D eigenvalue weighted by Gasteiger charge is -2.28. The van der Waals surface area contributed by atoms with Crippen LogP contribution in [-0.2, 0) is 44.8 Å². The van der Waals surface area contributed by atoms with Crippen LogP contribution in [0.1, 0.15) is 77.7 Å². The number of aliphatic hydroxyl groups excluding tert-OH is 1.